The zero-order valence-electron chi connectivity index (χ0n) is 10.3. The average Bonchev–Trinajstić information content (AvgIpc) is 2.98. The van der Waals surface area contributed by atoms with Crippen molar-refractivity contribution < 1.29 is 4.79 Å². The Bertz CT molecular complexity index is 558. The van der Waals surface area contributed by atoms with E-state index in [1.54, 1.807) is 29.7 Å². The second-order valence-corrected chi connectivity index (χ2v) is 3.94. The number of rotatable bonds is 4. The first-order valence-electron chi connectivity index (χ1n) is 5.84. The van der Waals surface area contributed by atoms with Crippen LogP contribution in [0.25, 0.3) is 0 Å². The minimum atomic E-state index is -0.198. The predicted octanol–water partition coefficient (Wildman–Crippen LogP) is 1.66. The summed E-state index contributed by atoms with van der Waals surface area (Å²) >= 11 is 0. The fourth-order valence-electron chi connectivity index (χ4n) is 1.67. The lowest BCUT2D eigenvalue weighted by Gasteiger charge is -2.21. The molecule has 2 aromatic heterocycles. The molecule has 1 amide bonds. The van der Waals surface area contributed by atoms with E-state index in [0.29, 0.717) is 19.5 Å². The summed E-state index contributed by atoms with van der Waals surface area (Å²) in [4.78, 5) is 21.7. The molecule has 19 heavy (non-hydrogen) atoms. The van der Waals surface area contributed by atoms with Crippen LogP contribution in [0.2, 0.25) is 0 Å². The van der Waals surface area contributed by atoms with Crippen molar-refractivity contribution in [2.45, 2.75) is 13.0 Å². The van der Waals surface area contributed by atoms with E-state index in [1.807, 2.05) is 18.2 Å². The maximum Gasteiger partial charge on any atom is 0.329 e. The van der Waals surface area contributed by atoms with E-state index in [1.165, 1.54) is 10.9 Å². The molecule has 2 rings (SSSR count). The molecule has 96 valence electrons. The third-order valence-corrected chi connectivity index (χ3v) is 2.59. The average molecular weight is 255 g/mol. The van der Waals surface area contributed by atoms with Crippen LogP contribution in [0, 0.1) is 11.3 Å². The van der Waals surface area contributed by atoms with Crippen LogP contribution in [0.3, 0.4) is 0 Å². The highest BCUT2D eigenvalue weighted by Gasteiger charge is 2.15. The Morgan fingerprint density at radius 3 is 2.95 bits per heavy atom. The zero-order valence-corrected chi connectivity index (χ0v) is 10.3. The third kappa shape index (κ3) is 3.39. The molecule has 0 saturated carbocycles. The summed E-state index contributed by atoms with van der Waals surface area (Å²) in [6, 6.07) is 5.57. The molecule has 0 N–H and O–H groups in total. The van der Waals surface area contributed by atoms with Crippen molar-refractivity contribution in [1.29, 1.82) is 5.26 Å². The second kappa shape index (κ2) is 6.31. The van der Waals surface area contributed by atoms with Gasteiger partial charge in [0.05, 0.1) is 12.5 Å². The standard InChI is InChI=1S/C13H13N5O/c14-4-2-7-17(10-12-3-1-5-15-9-12)13(19)18-8-6-16-11-18/h1,3,5-6,8-9,11H,2,7,10H2. The fourth-order valence-corrected chi connectivity index (χ4v) is 1.67. The smallest absolute Gasteiger partial charge is 0.319 e. The van der Waals surface area contributed by atoms with Crippen molar-refractivity contribution in [3.63, 3.8) is 0 Å². The van der Waals surface area contributed by atoms with Crippen molar-refractivity contribution in [3.05, 3.63) is 48.8 Å². The first-order valence-corrected chi connectivity index (χ1v) is 5.84. The lowest BCUT2D eigenvalue weighted by atomic mass is 10.2. The minimum absolute atomic E-state index is 0.198. The molecule has 2 aromatic rings. The van der Waals surface area contributed by atoms with Crippen LogP contribution in [0.1, 0.15) is 12.0 Å². The van der Waals surface area contributed by atoms with Gasteiger partial charge in [-0.25, -0.2) is 9.78 Å². The van der Waals surface area contributed by atoms with Gasteiger partial charge in [0, 0.05) is 37.9 Å². The van der Waals surface area contributed by atoms with E-state index in [2.05, 4.69) is 9.97 Å². The number of aromatic nitrogens is 3. The Hall–Kier alpha value is -2.68. The number of hydrogen-bond donors (Lipinski definition) is 0. The van der Waals surface area contributed by atoms with Gasteiger partial charge in [-0.05, 0) is 11.6 Å². The van der Waals surface area contributed by atoms with Gasteiger partial charge < -0.3 is 4.90 Å². The maximum absolute atomic E-state index is 12.2. The summed E-state index contributed by atoms with van der Waals surface area (Å²) in [5.41, 5.74) is 0.925. The van der Waals surface area contributed by atoms with E-state index < -0.39 is 0 Å². The first kappa shape index (κ1) is 12.8. The van der Waals surface area contributed by atoms with Gasteiger partial charge in [-0.1, -0.05) is 6.07 Å². The highest BCUT2D eigenvalue weighted by atomic mass is 16.2. The summed E-state index contributed by atoms with van der Waals surface area (Å²) in [6.45, 7) is 0.801. The normalized spacial score (nSPS) is 9.84. The molecule has 2 heterocycles. The van der Waals surface area contributed by atoms with E-state index in [4.69, 9.17) is 5.26 Å². The number of carbonyl (C=O) groups excluding carboxylic acids is 1. The SMILES string of the molecule is N#CCCN(Cc1cccnc1)C(=O)n1ccnc1. The molecule has 0 atom stereocenters. The molecule has 0 fully saturated rings. The molecule has 0 radical (unpaired) electrons. The van der Waals surface area contributed by atoms with Gasteiger partial charge in [-0.2, -0.15) is 5.26 Å². The Balaban J connectivity index is 2.12. The molecule has 0 aliphatic heterocycles. The third-order valence-electron chi connectivity index (χ3n) is 2.59. The molecule has 0 spiro atoms. The van der Waals surface area contributed by atoms with E-state index in [0.717, 1.165) is 5.56 Å². The summed E-state index contributed by atoms with van der Waals surface area (Å²) < 4.78 is 1.40. The number of nitrogens with zero attached hydrogens (tertiary/aromatic N) is 5. The summed E-state index contributed by atoms with van der Waals surface area (Å²) in [7, 11) is 0. The van der Waals surface area contributed by atoms with Gasteiger partial charge in [-0.3, -0.25) is 9.55 Å². The number of imidazole rings is 1. The Kier molecular flexibility index (Phi) is 4.24. The van der Waals surface area contributed by atoms with Crippen molar-refractivity contribution in [1.82, 2.24) is 19.4 Å². The van der Waals surface area contributed by atoms with Gasteiger partial charge in [0.2, 0.25) is 0 Å². The van der Waals surface area contributed by atoms with Crippen LogP contribution < -0.4 is 0 Å². The van der Waals surface area contributed by atoms with Crippen LogP contribution in [0.5, 0.6) is 0 Å². The molecule has 0 saturated heterocycles. The van der Waals surface area contributed by atoms with E-state index in [-0.39, 0.29) is 6.03 Å². The van der Waals surface area contributed by atoms with E-state index >= 15 is 0 Å². The Morgan fingerprint density at radius 2 is 2.32 bits per heavy atom. The van der Waals surface area contributed by atoms with Crippen LogP contribution in [-0.4, -0.2) is 32.0 Å². The molecule has 0 aliphatic carbocycles. The molecule has 6 nitrogen and oxygen atoms in total. The van der Waals surface area contributed by atoms with Crippen molar-refractivity contribution in [2.24, 2.45) is 0 Å². The monoisotopic (exact) mass is 255 g/mol. The summed E-state index contributed by atoms with van der Waals surface area (Å²) in [6.07, 6.45) is 8.27. The quantitative estimate of drug-likeness (QED) is 0.832. The molecule has 0 aromatic carbocycles. The van der Waals surface area contributed by atoms with Gasteiger partial charge in [0.25, 0.3) is 0 Å². The van der Waals surface area contributed by atoms with Crippen LogP contribution in [0.4, 0.5) is 4.79 Å². The molecular weight excluding hydrogens is 242 g/mol. The van der Waals surface area contributed by atoms with Crippen molar-refractivity contribution in [2.75, 3.05) is 6.54 Å². The molecule has 0 bridgehead atoms. The highest BCUT2D eigenvalue weighted by molar-refractivity contribution is 5.76. The predicted molar refractivity (Wildman–Crippen MR) is 67.9 cm³/mol. The minimum Gasteiger partial charge on any atom is -0.319 e. The van der Waals surface area contributed by atoms with Crippen LogP contribution >= 0.6 is 0 Å². The van der Waals surface area contributed by atoms with Crippen molar-refractivity contribution in [3.8, 4) is 6.07 Å². The number of carbonyl (C=O) groups is 1. The van der Waals surface area contributed by atoms with E-state index in [9.17, 15) is 4.79 Å². The summed E-state index contributed by atoms with van der Waals surface area (Å²) in [5, 5.41) is 8.67. The number of nitriles is 1. The molecular formula is C13H13N5O. The number of amides is 1. The second-order valence-electron chi connectivity index (χ2n) is 3.94. The number of hydrogen-bond acceptors (Lipinski definition) is 4. The topological polar surface area (TPSA) is 74.8 Å². The highest BCUT2D eigenvalue weighted by Crippen LogP contribution is 2.06. The van der Waals surface area contributed by atoms with Gasteiger partial charge in [-0.15, -0.1) is 0 Å². The number of pyridine rings is 1. The van der Waals surface area contributed by atoms with Gasteiger partial charge in [0.1, 0.15) is 6.33 Å². The largest absolute Gasteiger partial charge is 0.329 e. The maximum atomic E-state index is 12.2. The first-order chi connectivity index (χ1) is 9.31. The lowest BCUT2D eigenvalue weighted by Crippen LogP contribution is -2.34. The molecule has 6 heteroatoms. The van der Waals surface area contributed by atoms with Crippen LogP contribution in [0.15, 0.2) is 43.2 Å². The Labute approximate surface area is 110 Å². The fraction of sp³-hybridized carbons (Fsp3) is 0.231. The zero-order chi connectivity index (χ0) is 13.5. The molecule has 0 unspecified atom stereocenters. The van der Waals surface area contributed by atoms with Gasteiger partial charge >= 0.3 is 6.03 Å². The Morgan fingerprint density at radius 1 is 1.42 bits per heavy atom. The van der Waals surface area contributed by atoms with Crippen LogP contribution in [-0.2, 0) is 6.54 Å². The summed E-state index contributed by atoms with van der Waals surface area (Å²) in [5.74, 6) is 0. The molecule has 0 aliphatic rings. The van der Waals surface area contributed by atoms with Gasteiger partial charge in [0.15, 0.2) is 0 Å². The van der Waals surface area contributed by atoms with Crippen molar-refractivity contribution >= 4 is 6.03 Å². The lowest BCUT2D eigenvalue weighted by molar-refractivity contribution is 0.198.